The predicted molar refractivity (Wildman–Crippen MR) is 82.2 cm³/mol. The largest absolute Gasteiger partial charge is 0.388 e. The second-order valence-corrected chi connectivity index (χ2v) is 5.91. The number of aryl methyl sites for hydroxylation is 1. The van der Waals surface area contributed by atoms with Gasteiger partial charge in [0.2, 0.25) is 5.95 Å². The van der Waals surface area contributed by atoms with Crippen molar-refractivity contribution >= 4 is 11.8 Å². The zero-order valence-corrected chi connectivity index (χ0v) is 12.8. The summed E-state index contributed by atoms with van der Waals surface area (Å²) < 4.78 is 0. The van der Waals surface area contributed by atoms with Crippen molar-refractivity contribution in [3.63, 3.8) is 0 Å². The van der Waals surface area contributed by atoms with Gasteiger partial charge in [0.25, 0.3) is 0 Å². The van der Waals surface area contributed by atoms with Crippen LogP contribution in [0.5, 0.6) is 0 Å². The molecule has 0 spiro atoms. The van der Waals surface area contributed by atoms with Crippen molar-refractivity contribution in [2.75, 3.05) is 30.4 Å². The van der Waals surface area contributed by atoms with E-state index in [-0.39, 0.29) is 0 Å². The van der Waals surface area contributed by atoms with Crippen molar-refractivity contribution in [1.82, 2.24) is 9.97 Å². The molecule has 5 heteroatoms. The number of anilines is 2. The predicted octanol–water partition coefficient (Wildman–Crippen LogP) is 2.35. The number of rotatable bonds is 6. The van der Waals surface area contributed by atoms with Crippen molar-refractivity contribution in [2.45, 2.75) is 51.6 Å². The third kappa shape index (κ3) is 3.82. The Hall–Kier alpha value is -1.36. The highest BCUT2D eigenvalue weighted by molar-refractivity contribution is 5.44. The second-order valence-electron chi connectivity index (χ2n) is 5.91. The average molecular weight is 278 g/mol. The molecule has 1 fully saturated rings. The van der Waals surface area contributed by atoms with Gasteiger partial charge < -0.3 is 15.3 Å². The van der Waals surface area contributed by atoms with Crippen molar-refractivity contribution in [3.8, 4) is 0 Å². The smallest absolute Gasteiger partial charge is 0.224 e. The molecule has 0 atom stereocenters. The van der Waals surface area contributed by atoms with Crippen LogP contribution in [0.4, 0.5) is 11.8 Å². The van der Waals surface area contributed by atoms with Crippen molar-refractivity contribution in [1.29, 1.82) is 0 Å². The monoisotopic (exact) mass is 278 g/mol. The van der Waals surface area contributed by atoms with E-state index < -0.39 is 5.60 Å². The highest BCUT2D eigenvalue weighted by Crippen LogP contribution is 2.31. The molecular weight excluding hydrogens is 252 g/mol. The summed E-state index contributed by atoms with van der Waals surface area (Å²) in [6, 6.07) is 1.97. The lowest BCUT2D eigenvalue weighted by atomic mass is 10.0. The number of aliphatic hydroxyl groups is 1. The molecule has 0 saturated heterocycles. The van der Waals surface area contributed by atoms with E-state index in [1.165, 1.54) is 0 Å². The molecule has 112 valence electrons. The lowest BCUT2D eigenvalue weighted by molar-refractivity contribution is 0.0558. The molecule has 0 bridgehead atoms. The Morgan fingerprint density at radius 3 is 2.70 bits per heavy atom. The summed E-state index contributed by atoms with van der Waals surface area (Å²) >= 11 is 0. The van der Waals surface area contributed by atoms with Crippen LogP contribution < -0.4 is 10.2 Å². The molecular formula is C15H26N4O. The summed E-state index contributed by atoms with van der Waals surface area (Å²) in [7, 11) is 1.99. The maximum atomic E-state index is 10.5. The molecule has 1 heterocycles. The van der Waals surface area contributed by atoms with E-state index in [1.807, 2.05) is 24.9 Å². The van der Waals surface area contributed by atoms with E-state index in [0.29, 0.717) is 12.5 Å². The Balaban J connectivity index is 2.08. The Labute approximate surface area is 121 Å². The molecule has 0 aromatic carbocycles. The zero-order chi connectivity index (χ0) is 14.6. The van der Waals surface area contributed by atoms with Crippen LogP contribution in [0.25, 0.3) is 0 Å². The molecule has 0 radical (unpaired) electrons. The standard InChI is InChI=1S/C15H26N4O/c1-4-9-16-14-17-12(2)10-13(18-14)19(3)11-15(20)7-5-6-8-15/h10,20H,4-9,11H2,1-3H3,(H,16,17,18). The summed E-state index contributed by atoms with van der Waals surface area (Å²) in [5.41, 5.74) is 0.392. The Morgan fingerprint density at radius 2 is 2.05 bits per heavy atom. The molecule has 0 amide bonds. The lowest BCUT2D eigenvalue weighted by Crippen LogP contribution is -2.39. The third-order valence-electron chi connectivity index (χ3n) is 3.83. The fourth-order valence-electron chi connectivity index (χ4n) is 2.78. The average Bonchev–Trinajstić information content (AvgIpc) is 2.82. The number of hydrogen-bond acceptors (Lipinski definition) is 5. The van der Waals surface area contributed by atoms with Gasteiger partial charge >= 0.3 is 0 Å². The molecule has 1 aromatic heterocycles. The number of aromatic nitrogens is 2. The van der Waals surface area contributed by atoms with Crippen LogP contribution in [0.15, 0.2) is 6.07 Å². The topological polar surface area (TPSA) is 61.3 Å². The molecule has 2 rings (SSSR count). The van der Waals surface area contributed by atoms with Crippen LogP contribution in [0.3, 0.4) is 0 Å². The molecule has 2 N–H and O–H groups in total. The van der Waals surface area contributed by atoms with Gasteiger partial charge in [0.1, 0.15) is 5.82 Å². The van der Waals surface area contributed by atoms with Crippen LogP contribution in [-0.2, 0) is 0 Å². The summed E-state index contributed by atoms with van der Waals surface area (Å²) in [4.78, 5) is 11.0. The Kier molecular flexibility index (Phi) is 4.81. The molecule has 5 nitrogen and oxygen atoms in total. The normalized spacial score (nSPS) is 17.2. The van der Waals surface area contributed by atoms with E-state index in [4.69, 9.17) is 0 Å². The summed E-state index contributed by atoms with van der Waals surface area (Å²) in [6.45, 7) is 5.60. The number of nitrogens with one attached hydrogen (secondary N) is 1. The zero-order valence-electron chi connectivity index (χ0n) is 12.8. The Morgan fingerprint density at radius 1 is 1.35 bits per heavy atom. The quantitative estimate of drug-likeness (QED) is 0.836. The van der Waals surface area contributed by atoms with E-state index in [2.05, 4.69) is 22.2 Å². The molecule has 1 aromatic rings. The summed E-state index contributed by atoms with van der Waals surface area (Å²) in [6.07, 6.45) is 5.07. The van der Waals surface area contributed by atoms with Crippen molar-refractivity contribution in [2.24, 2.45) is 0 Å². The highest BCUT2D eigenvalue weighted by atomic mass is 16.3. The molecule has 1 saturated carbocycles. The van der Waals surface area contributed by atoms with Crippen molar-refractivity contribution in [3.05, 3.63) is 11.8 Å². The van der Waals surface area contributed by atoms with Crippen LogP contribution in [-0.4, -0.2) is 40.8 Å². The fraction of sp³-hybridized carbons (Fsp3) is 0.733. The van der Waals surface area contributed by atoms with Crippen LogP contribution >= 0.6 is 0 Å². The van der Waals surface area contributed by atoms with Crippen LogP contribution in [0.2, 0.25) is 0 Å². The summed E-state index contributed by atoms with van der Waals surface area (Å²) in [5, 5.41) is 13.7. The fourth-order valence-corrected chi connectivity index (χ4v) is 2.78. The van der Waals surface area contributed by atoms with Gasteiger partial charge in [-0.3, -0.25) is 0 Å². The van der Waals surface area contributed by atoms with Gasteiger partial charge in [-0.15, -0.1) is 0 Å². The third-order valence-corrected chi connectivity index (χ3v) is 3.83. The second kappa shape index (κ2) is 6.39. The first-order chi connectivity index (χ1) is 9.52. The maximum Gasteiger partial charge on any atom is 0.224 e. The van der Waals surface area contributed by atoms with Gasteiger partial charge in [0.15, 0.2) is 0 Å². The van der Waals surface area contributed by atoms with Crippen molar-refractivity contribution < 1.29 is 5.11 Å². The van der Waals surface area contributed by atoms with E-state index in [1.54, 1.807) is 0 Å². The molecule has 0 unspecified atom stereocenters. The van der Waals surface area contributed by atoms with Gasteiger partial charge in [0, 0.05) is 31.9 Å². The minimum Gasteiger partial charge on any atom is -0.388 e. The summed E-state index contributed by atoms with van der Waals surface area (Å²) in [5.74, 6) is 1.54. The first-order valence-electron chi connectivity index (χ1n) is 7.55. The first kappa shape index (κ1) is 15.0. The molecule has 20 heavy (non-hydrogen) atoms. The first-order valence-corrected chi connectivity index (χ1v) is 7.55. The van der Waals surface area contributed by atoms with Gasteiger partial charge in [-0.2, -0.15) is 4.98 Å². The maximum absolute atomic E-state index is 10.5. The van der Waals surface area contributed by atoms with E-state index >= 15 is 0 Å². The molecule has 0 aliphatic heterocycles. The lowest BCUT2D eigenvalue weighted by Gasteiger charge is -2.29. The van der Waals surface area contributed by atoms with Gasteiger partial charge in [-0.25, -0.2) is 4.98 Å². The minimum absolute atomic E-state index is 0.551. The minimum atomic E-state index is -0.551. The van der Waals surface area contributed by atoms with E-state index in [0.717, 1.165) is 50.2 Å². The Bertz CT molecular complexity index is 443. The number of hydrogen-bond donors (Lipinski definition) is 2. The van der Waals surface area contributed by atoms with Gasteiger partial charge in [-0.1, -0.05) is 19.8 Å². The van der Waals surface area contributed by atoms with Crippen LogP contribution in [0.1, 0.15) is 44.7 Å². The highest BCUT2D eigenvalue weighted by Gasteiger charge is 2.32. The SMILES string of the molecule is CCCNc1nc(C)cc(N(C)CC2(O)CCCC2)n1. The van der Waals surface area contributed by atoms with Gasteiger partial charge in [-0.05, 0) is 26.2 Å². The molecule has 1 aliphatic carbocycles. The molecule has 1 aliphatic rings. The number of likely N-dealkylation sites (N-methyl/N-ethyl adjacent to an activating group) is 1. The van der Waals surface area contributed by atoms with Crippen LogP contribution in [0, 0.1) is 6.92 Å². The van der Waals surface area contributed by atoms with Gasteiger partial charge in [0.05, 0.1) is 5.60 Å². The number of nitrogens with zero attached hydrogens (tertiary/aromatic N) is 3. The van der Waals surface area contributed by atoms with E-state index in [9.17, 15) is 5.11 Å².